The monoisotopic (exact) mass is 441 g/mol. The van der Waals surface area contributed by atoms with Gasteiger partial charge in [0.05, 0.1) is 0 Å². The van der Waals surface area contributed by atoms with Crippen molar-refractivity contribution in [1.29, 1.82) is 0 Å². The van der Waals surface area contributed by atoms with E-state index in [2.05, 4.69) is 20.8 Å². The third kappa shape index (κ3) is 4.60. The van der Waals surface area contributed by atoms with Crippen molar-refractivity contribution >= 4 is 45.7 Å². The lowest BCUT2D eigenvalue weighted by Gasteiger charge is -2.23. The Kier molecular flexibility index (Phi) is 5.96. The number of benzene rings is 2. The number of rotatable bonds is 4. The first-order valence-corrected chi connectivity index (χ1v) is 10.7. The third-order valence-electron chi connectivity index (χ3n) is 4.85. The van der Waals surface area contributed by atoms with Crippen molar-refractivity contribution in [2.75, 3.05) is 17.2 Å². The van der Waals surface area contributed by atoms with Crippen LogP contribution in [-0.4, -0.2) is 39.6 Å². The highest BCUT2D eigenvalue weighted by molar-refractivity contribution is 7.18. The van der Waals surface area contributed by atoms with E-state index in [1.54, 1.807) is 24.3 Å². The van der Waals surface area contributed by atoms with Crippen LogP contribution in [0.5, 0.6) is 0 Å². The molecule has 1 aliphatic heterocycles. The van der Waals surface area contributed by atoms with Gasteiger partial charge in [0.25, 0.3) is 0 Å². The number of nitrogens with zero attached hydrogens (tertiary/aromatic N) is 3. The fraction of sp³-hybridized carbons (Fsp3) is 0.238. The van der Waals surface area contributed by atoms with Crippen molar-refractivity contribution in [3.63, 3.8) is 0 Å². The van der Waals surface area contributed by atoms with Crippen LogP contribution >= 0.6 is 22.9 Å². The summed E-state index contributed by atoms with van der Waals surface area (Å²) in [6.07, 6.45) is 1.35. The van der Waals surface area contributed by atoms with Gasteiger partial charge in [0.2, 0.25) is 11.0 Å². The molecule has 0 aliphatic carbocycles. The van der Waals surface area contributed by atoms with Crippen LogP contribution in [0.3, 0.4) is 0 Å². The zero-order valence-corrected chi connectivity index (χ0v) is 17.8. The number of anilines is 2. The van der Waals surface area contributed by atoms with E-state index in [0.29, 0.717) is 28.8 Å². The lowest BCUT2D eigenvalue weighted by atomic mass is 10.2. The minimum atomic E-state index is -0.559. The summed E-state index contributed by atoms with van der Waals surface area (Å²) < 4.78 is 0. The summed E-state index contributed by atoms with van der Waals surface area (Å²) in [4.78, 5) is 27.0. The quantitative estimate of drug-likeness (QED) is 0.608. The highest BCUT2D eigenvalue weighted by atomic mass is 35.5. The molecule has 2 aromatic carbocycles. The summed E-state index contributed by atoms with van der Waals surface area (Å²) >= 11 is 7.28. The van der Waals surface area contributed by atoms with Crippen molar-refractivity contribution in [2.45, 2.75) is 25.8 Å². The van der Waals surface area contributed by atoms with E-state index >= 15 is 0 Å². The standard InChI is InChI=1S/C21H20ClN5O2S/c1-13-7-9-14(10-8-13)19-25-26-20(30-19)24-18(28)17-6-3-11-27(17)21(29)23-16-5-2-4-15(22)12-16/h2,4-5,7-10,12,17H,3,6,11H2,1H3,(H,23,29)(H,24,26,28). The molecule has 0 bridgehead atoms. The summed E-state index contributed by atoms with van der Waals surface area (Å²) in [6, 6.07) is 14.0. The number of carbonyl (C=O) groups excluding carboxylic acids is 2. The molecule has 1 unspecified atom stereocenters. The first-order valence-electron chi connectivity index (χ1n) is 9.54. The second-order valence-electron chi connectivity index (χ2n) is 7.06. The van der Waals surface area contributed by atoms with Crippen LogP contribution in [0.15, 0.2) is 48.5 Å². The van der Waals surface area contributed by atoms with Gasteiger partial charge in [-0.15, -0.1) is 10.2 Å². The second-order valence-corrected chi connectivity index (χ2v) is 8.47. The number of amides is 3. The number of aryl methyl sites for hydroxylation is 1. The summed E-state index contributed by atoms with van der Waals surface area (Å²) in [5, 5.41) is 15.5. The van der Waals surface area contributed by atoms with Gasteiger partial charge in [-0.3, -0.25) is 10.1 Å². The largest absolute Gasteiger partial charge is 0.322 e. The Morgan fingerprint density at radius 1 is 1.13 bits per heavy atom. The fourth-order valence-corrected chi connectivity index (χ4v) is 4.26. The predicted molar refractivity (Wildman–Crippen MR) is 119 cm³/mol. The molecule has 1 fully saturated rings. The van der Waals surface area contributed by atoms with Crippen molar-refractivity contribution < 1.29 is 9.59 Å². The SMILES string of the molecule is Cc1ccc(-c2nnc(NC(=O)C3CCCN3C(=O)Nc3cccc(Cl)c3)s2)cc1. The van der Waals surface area contributed by atoms with Gasteiger partial charge in [-0.05, 0) is 38.0 Å². The predicted octanol–water partition coefficient (Wildman–Crippen LogP) is 4.80. The van der Waals surface area contributed by atoms with Crippen LogP contribution in [0.4, 0.5) is 15.6 Å². The second kappa shape index (κ2) is 8.81. The molecule has 0 saturated carbocycles. The number of hydrogen-bond acceptors (Lipinski definition) is 5. The van der Waals surface area contributed by atoms with Gasteiger partial charge < -0.3 is 10.2 Å². The summed E-state index contributed by atoms with van der Waals surface area (Å²) in [7, 11) is 0. The molecule has 1 atom stereocenters. The topological polar surface area (TPSA) is 87.2 Å². The van der Waals surface area contributed by atoms with E-state index in [1.807, 2.05) is 31.2 Å². The van der Waals surface area contributed by atoms with E-state index in [1.165, 1.54) is 16.2 Å². The number of hydrogen-bond donors (Lipinski definition) is 2. The Labute approximate surface area is 183 Å². The molecule has 3 aromatic rings. The van der Waals surface area contributed by atoms with Crippen LogP contribution in [0.2, 0.25) is 5.02 Å². The average molecular weight is 442 g/mol. The number of likely N-dealkylation sites (tertiary alicyclic amines) is 1. The van der Waals surface area contributed by atoms with Crippen LogP contribution in [0, 0.1) is 6.92 Å². The molecular formula is C21H20ClN5O2S. The maximum atomic E-state index is 12.8. The van der Waals surface area contributed by atoms with Crippen molar-refractivity contribution in [1.82, 2.24) is 15.1 Å². The first kappa shape index (κ1) is 20.3. The van der Waals surface area contributed by atoms with E-state index in [9.17, 15) is 9.59 Å². The van der Waals surface area contributed by atoms with Gasteiger partial charge in [-0.1, -0.05) is 58.8 Å². The molecule has 1 saturated heterocycles. The molecule has 1 aliphatic rings. The fourth-order valence-electron chi connectivity index (χ4n) is 3.32. The van der Waals surface area contributed by atoms with Crippen LogP contribution in [0.25, 0.3) is 10.6 Å². The number of halogens is 1. The Hall–Kier alpha value is -2.97. The molecule has 154 valence electrons. The average Bonchev–Trinajstić information content (AvgIpc) is 3.38. The molecular weight excluding hydrogens is 422 g/mol. The van der Waals surface area contributed by atoms with Gasteiger partial charge >= 0.3 is 6.03 Å². The Morgan fingerprint density at radius 3 is 2.70 bits per heavy atom. The van der Waals surface area contributed by atoms with Crippen LogP contribution < -0.4 is 10.6 Å². The lowest BCUT2D eigenvalue weighted by molar-refractivity contribution is -0.119. The van der Waals surface area contributed by atoms with Gasteiger partial charge in [0.15, 0.2) is 0 Å². The number of aromatic nitrogens is 2. The molecule has 4 rings (SSSR count). The molecule has 3 amide bonds. The van der Waals surface area contributed by atoms with Crippen molar-refractivity contribution in [3.8, 4) is 10.6 Å². The smallest absolute Gasteiger partial charge is 0.312 e. The van der Waals surface area contributed by atoms with Crippen LogP contribution in [0.1, 0.15) is 18.4 Å². The lowest BCUT2D eigenvalue weighted by Crippen LogP contribution is -2.45. The van der Waals surface area contributed by atoms with Crippen molar-refractivity contribution in [2.24, 2.45) is 0 Å². The zero-order chi connectivity index (χ0) is 21.1. The minimum Gasteiger partial charge on any atom is -0.312 e. The molecule has 2 heterocycles. The normalized spacial score (nSPS) is 15.8. The van der Waals surface area contributed by atoms with Crippen molar-refractivity contribution in [3.05, 3.63) is 59.1 Å². The van der Waals surface area contributed by atoms with Gasteiger partial charge in [-0.2, -0.15) is 0 Å². The highest BCUT2D eigenvalue weighted by Gasteiger charge is 2.34. The molecule has 1 aromatic heterocycles. The molecule has 0 radical (unpaired) electrons. The third-order valence-corrected chi connectivity index (χ3v) is 5.97. The zero-order valence-electron chi connectivity index (χ0n) is 16.3. The van der Waals surface area contributed by atoms with Crippen LogP contribution in [-0.2, 0) is 4.79 Å². The molecule has 2 N–H and O–H groups in total. The van der Waals surface area contributed by atoms with E-state index < -0.39 is 6.04 Å². The minimum absolute atomic E-state index is 0.264. The number of carbonyl (C=O) groups is 2. The van der Waals surface area contributed by atoms with E-state index in [4.69, 9.17) is 11.6 Å². The number of urea groups is 1. The van der Waals surface area contributed by atoms with Gasteiger partial charge in [0.1, 0.15) is 11.0 Å². The summed E-state index contributed by atoms with van der Waals surface area (Å²) in [5.74, 6) is -0.264. The molecule has 0 spiro atoms. The maximum Gasteiger partial charge on any atom is 0.322 e. The van der Waals surface area contributed by atoms with Gasteiger partial charge in [-0.25, -0.2) is 4.79 Å². The van der Waals surface area contributed by atoms with Gasteiger partial charge in [0, 0.05) is 22.8 Å². The Bertz CT molecular complexity index is 1070. The Morgan fingerprint density at radius 2 is 1.93 bits per heavy atom. The Balaban J connectivity index is 1.41. The van der Waals surface area contributed by atoms with E-state index in [0.717, 1.165) is 22.6 Å². The summed E-state index contributed by atoms with van der Waals surface area (Å²) in [6.45, 7) is 2.53. The number of nitrogens with one attached hydrogen (secondary N) is 2. The highest BCUT2D eigenvalue weighted by Crippen LogP contribution is 2.28. The molecule has 9 heteroatoms. The van der Waals surface area contributed by atoms with E-state index in [-0.39, 0.29) is 11.9 Å². The molecule has 30 heavy (non-hydrogen) atoms. The summed E-state index contributed by atoms with van der Waals surface area (Å²) in [5.41, 5.74) is 2.70. The maximum absolute atomic E-state index is 12.8. The molecule has 7 nitrogen and oxygen atoms in total. The first-order chi connectivity index (χ1) is 14.5.